The third-order valence-electron chi connectivity index (χ3n) is 6.17. The number of fused-ring (bicyclic) bond motifs is 3. The summed E-state index contributed by atoms with van der Waals surface area (Å²) in [6, 6.07) is 9.12. The van der Waals surface area contributed by atoms with Crippen LogP contribution < -0.4 is 9.64 Å². The Kier molecular flexibility index (Phi) is 6.89. The van der Waals surface area contributed by atoms with Crippen LogP contribution in [0.25, 0.3) is 0 Å². The highest BCUT2D eigenvalue weighted by molar-refractivity contribution is 7.15. The van der Waals surface area contributed by atoms with E-state index in [0.717, 1.165) is 54.8 Å². The zero-order chi connectivity index (χ0) is 20.9. The van der Waals surface area contributed by atoms with E-state index < -0.39 is 5.97 Å². The maximum Gasteiger partial charge on any atom is 0.355 e. The van der Waals surface area contributed by atoms with Gasteiger partial charge in [0.05, 0.1) is 6.61 Å². The maximum absolute atomic E-state index is 11.5. The van der Waals surface area contributed by atoms with Gasteiger partial charge in [0, 0.05) is 30.6 Å². The molecule has 162 valence electrons. The molecule has 0 saturated carbocycles. The lowest BCUT2D eigenvalue weighted by Crippen LogP contribution is -2.44. The number of aromatic carboxylic acids is 1. The van der Waals surface area contributed by atoms with Crippen molar-refractivity contribution in [2.24, 2.45) is 0 Å². The number of hydrogen-bond acceptors (Lipinski definition) is 6. The van der Waals surface area contributed by atoms with Crippen LogP contribution in [0.5, 0.6) is 5.75 Å². The number of carbonyl (C=O) groups is 1. The van der Waals surface area contributed by atoms with E-state index in [0.29, 0.717) is 12.6 Å². The number of ether oxygens (including phenoxy) is 1. The van der Waals surface area contributed by atoms with Crippen LogP contribution in [-0.2, 0) is 6.42 Å². The van der Waals surface area contributed by atoms with Crippen molar-refractivity contribution in [1.82, 2.24) is 9.88 Å². The van der Waals surface area contributed by atoms with Gasteiger partial charge in [-0.05, 0) is 63.3 Å². The van der Waals surface area contributed by atoms with Crippen LogP contribution in [0.15, 0.2) is 24.3 Å². The first-order valence-corrected chi connectivity index (χ1v) is 11.8. The fourth-order valence-electron chi connectivity index (χ4n) is 4.52. The summed E-state index contributed by atoms with van der Waals surface area (Å²) in [4.78, 5) is 21.6. The summed E-state index contributed by atoms with van der Waals surface area (Å²) < 4.78 is 6.00. The van der Waals surface area contributed by atoms with Gasteiger partial charge in [-0.15, -0.1) is 11.3 Å². The molecule has 0 aliphatic carbocycles. The molecule has 6 nitrogen and oxygen atoms in total. The quantitative estimate of drug-likeness (QED) is 0.771. The summed E-state index contributed by atoms with van der Waals surface area (Å²) in [7, 11) is 0. The molecule has 1 atom stereocenters. The Morgan fingerprint density at radius 3 is 2.90 bits per heavy atom. The number of hydrogen-bond donors (Lipinski definition) is 1. The fourth-order valence-corrected chi connectivity index (χ4v) is 5.47. The number of rotatable bonds is 2. The Balaban J connectivity index is 1.54. The highest BCUT2D eigenvalue weighted by Gasteiger charge is 2.24. The average molecular weight is 430 g/mol. The number of carboxylic acids is 1. The second-order valence-corrected chi connectivity index (χ2v) is 9.45. The van der Waals surface area contributed by atoms with Gasteiger partial charge in [-0.3, -0.25) is 4.90 Å². The van der Waals surface area contributed by atoms with Crippen molar-refractivity contribution in [1.29, 1.82) is 0 Å². The lowest BCUT2D eigenvalue weighted by molar-refractivity contribution is 0.0690. The van der Waals surface area contributed by atoms with Gasteiger partial charge in [0.25, 0.3) is 0 Å². The lowest BCUT2D eigenvalue weighted by atomic mass is 9.95. The summed E-state index contributed by atoms with van der Waals surface area (Å²) in [5.41, 5.74) is 1.54. The topological polar surface area (TPSA) is 65.9 Å². The second kappa shape index (κ2) is 9.79. The Bertz CT molecular complexity index is 869. The minimum Gasteiger partial charge on any atom is -0.494 e. The molecule has 4 rings (SSSR count). The molecule has 30 heavy (non-hydrogen) atoms. The minimum absolute atomic E-state index is 0.179. The van der Waals surface area contributed by atoms with Crippen molar-refractivity contribution in [2.45, 2.75) is 51.5 Å². The number of benzene rings is 1. The predicted octanol–water partition coefficient (Wildman–Crippen LogP) is 4.23. The molecule has 0 radical (unpaired) electrons. The van der Waals surface area contributed by atoms with E-state index in [2.05, 4.69) is 33.0 Å². The number of thiazole rings is 1. The van der Waals surface area contributed by atoms with E-state index in [1.807, 2.05) is 13.0 Å². The van der Waals surface area contributed by atoms with Gasteiger partial charge >= 0.3 is 5.97 Å². The van der Waals surface area contributed by atoms with Gasteiger partial charge in [-0.2, -0.15) is 0 Å². The highest BCUT2D eigenvalue weighted by atomic mass is 32.1. The molecular weight excluding hydrogens is 398 g/mol. The van der Waals surface area contributed by atoms with Crippen LogP contribution in [0.2, 0.25) is 0 Å². The molecule has 2 bridgehead atoms. The molecule has 1 saturated heterocycles. The Labute approximate surface area is 182 Å². The zero-order valence-electron chi connectivity index (χ0n) is 17.7. The van der Waals surface area contributed by atoms with E-state index in [4.69, 9.17) is 4.74 Å². The maximum atomic E-state index is 11.5. The third-order valence-corrected chi connectivity index (χ3v) is 7.20. The van der Waals surface area contributed by atoms with E-state index in [9.17, 15) is 9.90 Å². The lowest BCUT2D eigenvalue weighted by Gasteiger charge is -2.37. The number of piperidine rings is 1. The van der Waals surface area contributed by atoms with Crippen molar-refractivity contribution in [3.63, 3.8) is 0 Å². The molecule has 2 aromatic rings. The largest absolute Gasteiger partial charge is 0.494 e. The molecule has 1 aromatic heterocycles. The van der Waals surface area contributed by atoms with Crippen molar-refractivity contribution in [3.05, 3.63) is 40.4 Å². The monoisotopic (exact) mass is 429 g/mol. The Morgan fingerprint density at radius 2 is 2.07 bits per heavy atom. The van der Waals surface area contributed by atoms with Crippen LogP contribution >= 0.6 is 11.3 Å². The van der Waals surface area contributed by atoms with E-state index in [1.54, 1.807) is 0 Å². The number of aromatic nitrogens is 1. The van der Waals surface area contributed by atoms with Gasteiger partial charge in [0.1, 0.15) is 5.75 Å². The smallest absolute Gasteiger partial charge is 0.355 e. The molecule has 0 amide bonds. The van der Waals surface area contributed by atoms with E-state index >= 15 is 0 Å². The number of carboxylic acid groups (broad SMARTS) is 1. The molecule has 1 N–H and O–H groups in total. The Hall–Kier alpha value is -2.12. The van der Waals surface area contributed by atoms with Crippen molar-refractivity contribution < 1.29 is 14.6 Å². The number of aryl methyl sites for hydroxylation is 2. The van der Waals surface area contributed by atoms with E-state index in [1.165, 1.54) is 42.6 Å². The second-order valence-electron chi connectivity index (χ2n) is 8.27. The van der Waals surface area contributed by atoms with Crippen LogP contribution in [0.4, 0.5) is 5.13 Å². The predicted molar refractivity (Wildman–Crippen MR) is 120 cm³/mol. The molecule has 2 aliphatic rings. The van der Waals surface area contributed by atoms with Crippen molar-refractivity contribution >= 4 is 22.4 Å². The molecule has 2 aliphatic heterocycles. The van der Waals surface area contributed by atoms with Crippen LogP contribution in [0.3, 0.4) is 0 Å². The van der Waals surface area contributed by atoms with Crippen molar-refractivity contribution in [2.75, 3.05) is 37.7 Å². The fraction of sp³-hybridized carbons (Fsp3) is 0.565. The van der Waals surface area contributed by atoms with Gasteiger partial charge in [-0.25, -0.2) is 9.78 Å². The molecule has 3 heterocycles. The van der Waals surface area contributed by atoms with Gasteiger partial charge in [0.2, 0.25) is 0 Å². The standard InChI is InChI=1S/C23H31N3O3S/c1-17-21(22(27)28)24-23(30-17)26-12-5-15-29-20-8-4-6-18(16-20)9-10-19-7-2-3-11-25(19)13-14-26/h4,6,8,16,19H,2-3,5,7,9-15H2,1H3,(H,27,28). The molecule has 1 fully saturated rings. The highest BCUT2D eigenvalue weighted by Crippen LogP contribution is 2.27. The first-order chi connectivity index (χ1) is 14.6. The molecular formula is C23H31N3O3S. The molecule has 1 unspecified atom stereocenters. The minimum atomic E-state index is -0.948. The average Bonchev–Trinajstić information content (AvgIpc) is 3.14. The molecule has 7 heteroatoms. The summed E-state index contributed by atoms with van der Waals surface area (Å²) in [5.74, 6) is -0.00809. The van der Waals surface area contributed by atoms with E-state index in [-0.39, 0.29) is 5.69 Å². The van der Waals surface area contributed by atoms with Crippen molar-refractivity contribution in [3.8, 4) is 5.75 Å². The number of nitrogens with zero attached hydrogens (tertiary/aromatic N) is 3. The zero-order valence-corrected chi connectivity index (χ0v) is 18.5. The van der Waals surface area contributed by atoms with Crippen LogP contribution in [-0.4, -0.2) is 59.8 Å². The van der Waals surface area contributed by atoms with Crippen LogP contribution in [0, 0.1) is 6.92 Å². The van der Waals surface area contributed by atoms with Gasteiger partial charge < -0.3 is 14.7 Å². The molecule has 1 aromatic carbocycles. The molecule has 0 spiro atoms. The SMILES string of the molecule is Cc1sc(N2CCCOc3cccc(c3)CCC3CCCCN3CC2)nc1C(=O)O. The Morgan fingerprint density at radius 1 is 1.17 bits per heavy atom. The first kappa shape index (κ1) is 21.1. The third kappa shape index (κ3) is 5.13. The summed E-state index contributed by atoms with van der Waals surface area (Å²) in [5, 5.41) is 10.2. The summed E-state index contributed by atoms with van der Waals surface area (Å²) >= 11 is 1.48. The van der Waals surface area contributed by atoms with Crippen LogP contribution in [0.1, 0.15) is 53.0 Å². The van der Waals surface area contributed by atoms with Gasteiger partial charge in [-0.1, -0.05) is 18.6 Å². The first-order valence-electron chi connectivity index (χ1n) is 11.0. The normalized spacial score (nSPS) is 21.4. The summed E-state index contributed by atoms with van der Waals surface area (Å²) in [6.45, 7) is 6.30. The van der Waals surface area contributed by atoms with Gasteiger partial charge in [0.15, 0.2) is 10.8 Å². The number of anilines is 1. The summed E-state index contributed by atoms with van der Waals surface area (Å²) in [6.07, 6.45) is 6.95.